The number of hydrogen-bond acceptors (Lipinski definition) is 3. The number of aldehydes is 1. The Hall–Kier alpha value is -2.29. The van der Waals surface area contributed by atoms with Gasteiger partial charge in [-0.3, -0.25) is 0 Å². The molecule has 3 rings (SSSR count). The minimum absolute atomic E-state index is 0.260. The van der Waals surface area contributed by atoms with Crippen LogP contribution in [0.1, 0.15) is 54.0 Å². The van der Waals surface area contributed by atoms with Gasteiger partial charge in [-0.05, 0) is 69.2 Å². The van der Waals surface area contributed by atoms with Crippen LogP contribution in [0.5, 0.6) is 11.5 Å². The standard InChI is InChI=1S/C23H28O3/c1-16-17(2)22-20(11-13-23(4,26-22)12-8-14-24)18(3)21(16)25-15-19-9-6-5-7-10-19/h5-7,9-10,14H,8,11-13,15H2,1-4H3. The fourth-order valence-corrected chi connectivity index (χ4v) is 3.77. The fourth-order valence-electron chi connectivity index (χ4n) is 3.77. The molecule has 0 fully saturated rings. The first-order valence-electron chi connectivity index (χ1n) is 9.37. The van der Waals surface area contributed by atoms with E-state index < -0.39 is 0 Å². The Bertz CT molecular complexity index is 795. The Morgan fingerprint density at radius 1 is 1.12 bits per heavy atom. The molecule has 1 heterocycles. The first kappa shape index (κ1) is 18.5. The Morgan fingerprint density at radius 2 is 1.85 bits per heavy atom. The zero-order chi connectivity index (χ0) is 18.7. The summed E-state index contributed by atoms with van der Waals surface area (Å²) in [5.41, 5.74) is 5.61. The van der Waals surface area contributed by atoms with Gasteiger partial charge >= 0.3 is 0 Å². The van der Waals surface area contributed by atoms with E-state index in [1.165, 1.54) is 16.7 Å². The zero-order valence-electron chi connectivity index (χ0n) is 16.2. The molecule has 3 heteroatoms. The van der Waals surface area contributed by atoms with Crippen LogP contribution in [0.25, 0.3) is 0 Å². The highest BCUT2D eigenvalue weighted by Crippen LogP contribution is 2.44. The van der Waals surface area contributed by atoms with Crippen LogP contribution in [0.15, 0.2) is 30.3 Å². The predicted octanol–water partition coefficient (Wildman–Crippen LogP) is 5.25. The molecule has 3 nitrogen and oxygen atoms in total. The summed E-state index contributed by atoms with van der Waals surface area (Å²) >= 11 is 0. The van der Waals surface area contributed by atoms with Gasteiger partial charge in [-0.2, -0.15) is 0 Å². The van der Waals surface area contributed by atoms with Crippen LogP contribution in [-0.2, 0) is 17.8 Å². The topological polar surface area (TPSA) is 35.5 Å². The second-order valence-electron chi connectivity index (χ2n) is 7.54. The van der Waals surface area contributed by atoms with Gasteiger partial charge in [-0.15, -0.1) is 0 Å². The molecule has 0 amide bonds. The van der Waals surface area contributed by atoms with Crippen molar-refractivity contribution in [2.75, 3.05) is 0 Å². The van der Waals surface area contributed by atoms with Crippen LogP contribution in [0.3, 0.4) is 0 Å². The minimum Gasteiger partial charge on any atom is -0.488 e. The van der Waals surface area contributed by atoms with Gasteiger partial charge in [0.15, 0.2) is 0 Å². The third kappa shape index (κ3) is 3.62. The molecule has 0 aromatic heterocycles. The van der Waals surface area contributed by atoms with E-state index in [-0.39, 0.29) is 5.60 Å². The van der Waals surface area contributed by atoms with Gasteiger partial charge in [0.1, 0.15) is 30.0 Å². The third-order valence-electron chi connectivity index (χ3n) is 5.58. The molecule has 138 valence electrons. The van der Waals surface area contributed by atoms with E-state index in [9.17, 15) is 4.79 Å². The highest BCUT2D eigenvalue weighted by Gasteiger charge is 2.34. The van der Waals surface area contributed by atoms with Crippen molar-refractivity contribution in [2.45, 2.75) is 65.6 Å². The van der Waals surface area contributed by atoms with Crippen LogP contribution in [0.2, 0.25) is 0 Å². The van der Waals surface area contributed by atoms with Gasteiger partial charge in [-0.1, -0.05) is 30.3 Å². The summed E-state index contributed by atoms with van der Waals surface area (Å²) in [7, 11) is 0. The Morgan fingerprint density at radius 3 is 2.54 bits per heavy atom. The molecule has 1 atom stereocenters. The van der Waals surface area contributed by atoms with Crippen LogP contribution >= 0.6 is 0 Å². The molecule has 26 heavy (non-hydrogen) atoms. The van der Waals surface area contributed by atoms with E-state index in [0.717, 1.165) is 48.2 Å². The van der Waals surface area contributed by atoms with Gasteiger partial charge in [0, 0.05) is 12.0 Å². The van der Waals surface area contributed by atoms with E-state index in [4.69, 9.17) is 9.47 Å². The van der Waals surface area contributed by atoms with Crippen molar-refractivity contribution in [3.05, 3.63) is 58.1 Å². The molecule has 0 N–H and O–H groups in total. The van der Waals surface area contributed by atoms with Gasteiger partial charge in [-0.25, -0.2) is 0 Å². The lowest BCUT2D eigenvalue weighted by Crippen LogP contribution is -2.37. The summed E-state index contributed by atoms with van der Waals surface area (Å²) < 4.78 is 12.6. The first-order chi connectivity index (χ1) is 12.4. The van der Waals surface area contributed by atoms with Crippen molar-refractivity contribution in [3.8, 4) is 11.5 Å². The minimum atomic E-state index is -0.260. The zero-order valence-corrected chi connectivity index (χ0v) is 16.2. The maximum Gasteiger partial charge on any atom is 0.127 e. The number of carbonyl (C=O) groups excluding carboxylic acids is 1. The van der Waals surface area contributed by atoms with Crippen LogP contribution in [-0.4, -0.2) is 11.9 Å². The summed E-state index contributed by atoms with van der Waals surface area (Å²) in [6.45, 7) is 9.02. The molecule has 1 aliphatic rings. The second-order valence-corrected chi connectivity index (χ2v) is 7.54. The van der Waals surface area contributed by atoms with Crippen molar-refractivity contribution in [1.29, 1.82) is 0 Å². The molecule has 0 saturated carbocycles. The SMILES string of the molecule is Cc1c(C)c2c(c(C)c1OCc1ccccc1)CCC(C)(CCC=O)O2. The van der Waals surface area contributed by atoms with E-state index in [0.29, 0.717) is 13.0 Å². The van der Waals surface area contributed by atoms with Crippen molar-refractivity contribution >= 4 is 6.29 Å². The lowest BCUT2D eigenvalue weighted by Gasteiger charge is -2.38. The third-order valence-corrected chi connectivity index (χ3v) is 5.58. The molecule has 1 aliphatic heterocycles. The first-order valence-corrected chi connectivity index (χ1v) is 9.37. The van der Waals surface area contributed by atoms with E-state index in [1.807, 2.05) is 18.2 Å². The lowest BCUT2D eigenvalue weighted by molar-refractivity contribution is -0.108. The van der Waals surface area contributed by atoms with Gasteiger partial charge in [0.2, 0.25) is 0 Å². The number of benzene rings is 2. The molecule has 0 spiro atoms. The highest BCUT2D eigenvalue weighted by atomic mass is 16.5. The molecule has 2 aromatic rings. The molecule has 0 bridgehead atoms. The van der Waals surface area contributed by atoms with Crippen molar-refractivity contribution in [3.63, 3.8) is 0 Å². The van der Waals surface area contributed by atoms with Gasteiger partial charge < -0.3 is 14.3 Å². The number of hydrogen-bond donors (Lipinski definition) is 0. The lowest BCUT2D eigenvalue weighted by atomic mass is 9.85. The number of fused-ring (bicyclic) bond motifs is 1. The van der Waals surface area contributed by atoms with Crippen LogP contribution < -0.4 is 9.47 Å². The van der Waals surface area contributed by atoms with Crippen LogP contribution in [0.4, 0.5) is 0 Å². The quantitative estimate of drug-likeness (QED) is 0.666. The largest absolute Gasteiger partial charge is 0.488 e. The van der Waals surface area contributed by atoms with E-state index in [2.05, 4.69) is 39.8 Å². The predicted molar refractivity (Wildman–Crippen MR) is 104 cm³/mol. The molecule has 1 unspecified atom stereocenters. The van der Waals surface area contributed by atoms with Crippen LogP contribution in [0, 0.1) is 20.8 Å². The summed E-state index contributed by atoms with van der Waals surface area (Å²) in [5, 5.41) is 0. The summed E-state index contributed by atoms with van der Waals surface area (Å²) in [4.78, 5) is 10.8. The summed E-state index contributed by atoms with van der Waals surface area (Å²) in [6.07, 6.45) is 4.17. The van der Waals surface area contributed by atoms with Gasteiger partial charge in [0.25, 0.3) is 0 Å². The van der Waals surface area contributed by atoms with E-state index in [1.54, 1.807) is 0 Å². The highest BCUT2D eigenvalue weighted by molar-refractivity contribution is 5.59. The average Bonchev–Trinajstić information content (AvgIpc) is 2.65. The molecular formula is C23H28O3. The molecule has 2 aromatic carbocycles. The summed E-state index contributed by atoms with van der Waals surface area (Å²) in [5.74, 6) is 1.97. The smallest absolute Gasteiger partial charge is 0.127 e. The van der Waals surface area contributed by atoms with E-state index >= 15 is 0 Å². The maximum atomic E-state index is 10.8. The molecule has 0 saturated heterocycles. The Balaban J connectivity index is 1.89. The van der Waals surface area contributed by atoms with Crippen molar-refractivity contribution in [2.24, 2.45) is 0 Å². The Labute approximate surface area is 156 Å². The molecule has 0 aliphatic carbocycles. The average molecular weight is 352 g/mol. The van der Waals surface area contributed by atoms with Crippen molar-refractivity contribution < 1.29 is 14.3 Å². The summed E-state index contributed by atoms with van der Waals surface area (Å²) in [6, 6.07) is 10.2. The number of rotatable bonds is 6. The number of carbonyl (C=O) groups is 1. The molecule has 0 radical (unpaired) electrons. The molecular weight excluding hydrogens is 324 g/mol. The maximum absolute atomic E-state index is 10.8. The van der Waals surface area contributed by atoms with Crippen molar-refractivity contribution in [1.82, 2.24) is 0 Å². The monoisotopic (exact) mass is 352 g/mol. The fraction of sp³-hybridized carbons (Fsp3) is 0.435. The van der Waals surface area contributed by atoms with Gasteiger partial charge in [0.05, 0.1) is 0 Å². The second kappa shape index (κ2) is 7.53. The Kier molecular flexibility index (Phi) is 5.36. The normalized spacial score (nSPS) is 18.8. The number of ether oxygens (including phenoxy) is 2.